The average Bonchev–Trinajstić information content (AvgIpc) is 3.56. The molecule has 311 valence electrons. The fraction of sp³-hybridized carbons (Fsp3) is 0.472. The Kier molecular flexibility index (Phi) is 13.1. The number of fused-ring (bicyclic) bond motifs is 7. The molecule has 1 N–H and O–H groups in total. The topological polar surface area (TPSA) is 50.2 Å². The van der Waals surface area contributed by atoms with Crippen molar-refractivity contribution in [1.82, 2.24) is 4.98 Å². The number of Topliss-reactive ketones (excluding diaryl/α,β-unsaturated/α-hetero) is 1. The van der Waals surface area contributed by atoms with Gasteiger partial charge in [0.2, 0.25) is 0 Å². The van der Waals surface area contributed by atoms with Crippen molar-refractivity contribution >= 4 is 58.8 Å². The fourth-order valence-corrected chi connectivity index (χ4v) is 10.4. The number of allylic oxidation sites excluding steroid dienone is 2. The number of hydrogen-bond donors (Lipinski definition) is 1. The number of aliphatic hydroxyl groups excluding tert-OH is 1. The molecule has 1 aliphatic carbocycles. The Morgan fingerprint density at radius 2 is 1.40 bits per heavy atom. The van der Waals surface area contributed by atoms with Crippen molar-refractivity contribution < 1.29 is 30.0 Å². The first kappa shape index (κ1) is 45.7. The summed E-state index contributed by atoms with van der Waals surface area (Å²) >= 11 is 1.98. The number of ketones is 1. The van der Waals surface area contributed by atoms with Gasteiger partial charge in [-0.2, -0.15) is 0 Å². The second-order valence-electron chi connectivity index (χ2n) is 19.7. The maximum Gasteiger partial charge on any atom is 0.167 e. The van der Waals surface area contributed by atoms with Gasteiger partial charge in [-0.15, -0.1) is 40.5 Å². The summed E-state index contributed by atoms with van der Waals surface area (Å²) in [7, 11) is 0. The predicted molar refractivity (Wildman–Crippen MR) is 248 cm³/mol. The normalized spacial score (nSPS) is 15.8. The van der Waals surface area contributed by atoms with Crippen molar-refractivity contribution in [2.45, 2.75) is 152 Å². The van der Waals surface area contributed by atoms with Crippen LogP contribution >= 0.6 is 11.3 Å². The van der Waals surface area contributed by atoms with Gasteiger partial charge in [0.05, 0.1) is 0 Å². The first-order valence-electron chi connectivity index (χ1n) is 21.4. The predicted octanol–water partition coefficient (Wildman–Crippen LogP) is 15.9. The van der Waals surface area contributed by atoms with Gasteiger partial charge in [0.15, 0.2) is 5.78 Å². The summed E-state index contributed by atoms with van der Waals surface area (Å²) in [6.45, 7) is 30.5. The van der Waals surface area contributed by atoms with Crippen molar-refractivity contribution in [3.8, 4) is 11.3 Å². The second-order valence-corrected chi connectivity index (χ2v) is 20.7. The SMILES string of the molecule is CC(C)(C)c1cc(-c2nccc3cc4sc5c6c(ccc5c4cc23)C(C)(C)CCC6(C)C)[c-]c2ccccc12.CCC(C)(CC)C(=O)/C(C)=C(\O)C(C)(CC)CC.[Ir]. The van der Waals surface area contributed by atoms with Crippen molar-refractivity contribution in [1.29, 1.82) is 0 Å². The van der Waals surface area contributed by atoms with E-state index in [0.29, 0.717) is 5.57 Å². The second kappa shape index (κ2) is 16.6. The Bertz CT molecular complexity index is 2520. The molecule has 6 aromatic rings. The summed E-state index contributed by atoms with van der Waals surface area (Å²) in [5.41, 5.74) is 6.87. The summed E-state index contributed by atoms with van der Waals surface area (Å²) in [5, 5.41) is 18.0. The number of benzene rings is 4. The molecule has 0 saturated carbocycles. The van der Waals surface area contributed by atoms with Crippen LogP contribution in [0.2, 0.25) is 0 Å². The third-order valence-corrected chi connectivity index (χ3v) is 15.3. The van der Waals surface area contributed by atoms with Gasteiger partial charge in [0, 0.05) is 68.6 Å². The summed E-state index contributed by atoms with van der Waals surface area (Å²) in [6, 6.07) is 26.4. The Hall–Kier alpha value is -3.37. The van der Waals surface area contributed by atoms with E-state index in [4.69, 9.17) is 4.98 Å². The number of aromatic nitrogens is 1. The zero-order valence-corrected chi connectivity index (χ0v) is 40.8. The molecule has 2 heterocycles. The molecule has 2 aromatic heterocycles. The number of nitrogens with zero attached hydrogens (tertiary/aromatic N) is 1. The molecule has 0 unspecified atom stereocenters. The smallest absolute Gasteiger partial charge is 0.167 e. The summed E-state index contributed by atoms with van der Waals surface area (Å²) < 4.78 is 2.83. The Balaban J connectivity index is 0.000000289. The fourth-order valence-electron chi connectivity index (χ4n) is 8.99. The molecule has 1 aliphatic rings. The maximum atomic E-state index is 12.5. The van der Waals surface area contributed by atoms with Gasteiger partial charge in [0.25, 0.3) is 0 Å². The first-order chi connectivity index (χ1) is 26.7. The van der Waals surface area contributed by atoms with Gasteiger partial charge < -0.3 is 5.11 Å². The zero-order chi connectivity index (χ0) is 41.9. The van der Waals surface area contributed by atoms with Crippen molar-refractivity contribution in [3.05, 3.63) is 101 Å². The van der Waals surface area contributed by atoms with Gasteiger partial charge in [-0.25, -0.2) is 0 Å². The number of aliphatic hydroxyl groups is 1. The maximum absolute atomic E-state index is 12.5. The summed E-state index contributed by atoms with van der Waals surface area (Å²) in [6.07, 6.45) is 7.73. The van der Waals surface area contributed by atoms with Crippen LogP contribution in [0, 0.1) is 16.9 Å². The Morgan fingerprint density at radius 3 is 2.02 bits per heavy atom. The van der Waals surface area contributed by atoms with E-state index in [-0.39, 0.29) is 58.7 Å². The Morgan fingerprint density at radius 1 is 0.776 bits per heavy atom. The van der Waals surface area contributed by atoms with Crippen molar-refractivity contribution in [2.24, 2.45) is 10.8 Å². The van der Waals surface area contributed by atoms with Gasteiger partial charge in [-0.3, -0.25) is 9.78 Å². The summed E-state index contributed by atoms with van der Waals surface area (Å²) in [5.74, 6) is 0.378. The van der Waals surface area contributed by atoms with Crippen LogP contribution < -0.4 is 0 Å². The minimum Gasteiger partial charge on any atom is -0.511 e. The van der Waals surface area contributed by atoms with E-state index in [1.54, 1.807) is 12.5 Å². The van der Waals surface area contributed by atoms with Gasteiger partial charge in [0.1, 0.15) is 5.76 Å². The molecule has 0 saturated heterocycles. The van der Waals surface area contributed by atoms with E-state index in [1.165, 1.54) is 60.3 Å². The van der Waals surface area contributed by atoms with Gasteiger partial charge in [-0.05, 0) is 95.7 Å². The van der Waals surface area contributed by atoms with Crippen molar-refractivity contribution in [3.63, 3.8) is 0 Å². The van der Waals surface area contributed by atoms with Crippen LogP contribution in [0.1, 0.15) is 152 Å². The number of carbonyl (C=O) groups excluding carboxylic acids is 1. The number of hydrogen-bond acceptors (Lipinski definition) is 4. The first-order valence-corrected chi connectivity index (χ1v) is 22.2. The molecule has 58 heavy (non-hydrogen) atoms. The molecule has 0 amide bonds. The van der Waals surface area contributed by atoms with Crippen LogP contribution in [-0.2, 0) is 41.1 Å². The molecule has 3 nitrogen and oxygen atoms in total. The van der Waals surface area contributed by atoms with Crippen LogP contribution in [0.3, 0.4) is 0 Å². The number of pyridine rings is 1. The molecule has 4 aromatic carbocycles. The number of thiophene rings is 1. The van der Waals surface area contributed by atoms with Crippen LogP contribution in [0.4, 0.5) is 0 Å². The molecule has 0 fully saturated rings. The quantitative estimate of drug-likeness (QED) is 0.0939. The minimum atomic E-state index is -0.347. The number of carbonyl (C=O) groups is 1. The van der Waals surface area contributed by atoms with E-state index in [0.717, 1.165) is 42.3 Å². The van der Waals surface area contributed by atoms with Crippen LogP contribution in [-0.4, -0.2) is 15.9 Å². The minimum absolute atomic E-state index is 0. The van der Waals surface area contributed by atoms with E-state index in [1.807, 2.05) is 45.2 Å². The molecule has 0 bridgehead atoms. The molecule has 1 radical (unpaired) electrons. The van der Waals surface area contributed by atoms with E-state index >= 15 is 0 Å². The van der Waals surface area contributed by atoms with Crippen molar-refractivity contribution in [2.75, 3.05) is 0 Å². The monoisotopic (exact) mass is 973 g/mol. The molecule has 0 spiro atoms. The molecule has 5 heteroatoms. The molecule has 0 atom stereocenters. The van der Waals surface area contributed by atoms with Crippen LogP contribution in [0.25, 0.3) is 53.0 Å². The zero-order valence-electron chi connectivity index (χ0n) is 37.6. The molecule has 7 rings (SSSR count). The van der Waals surface area contributed by atoms with E-state index in [2.05, 4.69) is 129 Å². The van der Waals surface area contributed by atoms with E-state index < -0.39 is 0 Å². The van der Waals surface area contributed by atoms with Gasteiger partial charge in [-0.1, -0.05) is 137 Å². The van der Waals surface area contributed by atoms with E-state index in [9.17, 15) is 9.90 Å². The average molecular weight is 973 g/mol. The third-order valence-electron chi connectivity index (χ3n) is 14.1. The third kappa shape index (κ3) is 8.10. The molecular formula is C53H66IrNO2S-. The van der Waals surface area contributed by atoms with Crippen LogP contribution in [0.15, 0.2) is 78.2 Å². The number of rotatable bonds is 8. The standard InChI is InChI=1S/C37H36NS.C16H30O2.Ir/c1-35(2,3)30-19-24(18-22-10-8-9-11-25(22)30)33-27-21-28-26-12-13-29-32(37(6,7)16-15-36(29,4)5)34(26)39-31(28)20-23(27)14-17-38-33;1-8-15(6,9-2)13(17)12(5)14(18)16(7,10-3)11-4;/h8-14,17,19-21H,15-16H2,1-7H3;17H,8-11H2,1-7H3;/q-1;;/b;13-12-;. The molecular weight excluding hydrogens is 907 g/mol. The Labute approximate surface area is 366 Å². The van der Waals surface area contributed by atoms with Gasteiger partial charge >= 0.3 is 0 Å². The van der Waals surface area contributed by atoms with Crippen LogP contribution in [0.5, 0.6) is 0 Å². The largest absolute Gasteiger partial charge is 0.511 e. The molecule has 0 aliphatic heterocycles. The summed E-state index contributed by atoms with van der Waals surface area (Å²) in [4.78, 5) is 17.5.